The Kier molecular flexibility index (Phi) is 5.26. The highest BCUT2D eigenvalue weighted by atomic mass is 79.9. The van der Waals surface area contributed by atoms with Gasteiger partial charge in [-0.15, -0.1) is 0 Å². The van der Waals surface area contributed by atoms with E-state index in [1.54, 1.807) is 0 Å². The van der Waals surface area contributed by atoms with Crippen LogP contribution in [0.1, 0.15) is 5.56 Å². The molecule has 2 heteroatoms. The second kappa shape index (κ2) is 5.45. The number of aryl methyl sites for hydroxylation is 1. The molecule has 0 bridgehead atoms. The van der Waals surface area contributed by atoms with Crippen molar-refractivity contribution in [2.45, 2.75) is 6.42 Å². The molecule has 0 unspecified atom stereocenters. The van der Waals surface area contributed by atoms with Crippen molar-refractivity contribution in [1.82, 2.24) is 0 Å². The third-order valence-electron chi connectivity index (χ3n) is 1.23. The van der Waals surface area contributed by atoms with E-state index < -0.39 is 0 Å². The van der Waals surface area contributed by atoms with Gasteiger partial charge in [0, 0.05) is 5.33 Å². The largest absolute Gasteiger partial charge is 0.412 e. The van der Waals surface area contributed by atoms with Crippen molar-refractivity contribution in [2.24, 2.45) is 0 Å². The Bertz CT molecular complexity index is 162. The van der Waals surface area contributed by atoms with E-state index in [-0.39, 0.29) is 5.48 Å². The summed E-state index contributed by atoms with van der Waals surface area (Å²) >= 11 is 3.39. The molecule has 0 atom stereocenters. The Morgan fingerprint density at radius 1 is 1.10 bits per heavy atom. The van der Waals surface area contributed by atoms with Gasteiger partial charge < -0.3 is 5.48 Å². The molecule has 0 aliphatic rings. The summed E-state index contributed by atoms with van der Waals surface area (Å²) in [7, 11) is 0. The third-order valence-corrected chi connectivity index (χ3v) is 1.62. The molecule has 1 nitrogen and oxygen atoms in total. The van der Waals surface area contributed by atoms with Crippen LogP contribution in [0.4, 0.5) is 0 Å². The summed E-state index contributed by atoms with van der Waals surface area (Å²) in [6, 6.07) is 10.5. The Balaban J connectivity index is 0.000000810. The lowest BCUT2D eigenvalue weighted by Gasteiger charge is -1.92. The van der Waals surface area contributed by atoms with Crippen LogP contribution in [-0.2, 0) is 6.42 Å². The molecule has 1 aromatic carbocycles. The third kappa shape index (κ3) is 2.99. The number of hydrogen-bond acceptors (Lipinski definition) is 0. The monoisotopic (exact) mass is 202 g/mol. The number of hydrogen-bond donors (Lipinski definition) is 0. The second-order valence-corrected chi connectivity index (χ2v) is 2.72. The van der Waals surface area contributed by atoms with Gasteiger partial charge in [-0.25, -0.2) is 0 Å². The van der Waals surface area contributed by atoms with E-state index in [2.05, 4.69) is 40.2 Å². The van der Waals surface area contributed by atoms with Crippen LogP contribution in [0.15, 0.2) is 30.3 Å². The number of alkyl halides is 1. The first-order valence-corrected chi connectivity index (χ1v) is 4.15. The van der Waals surface area contributed by atoms with Gasteiger partial charge in [0.2, 0.25) is 0 Å². The van der Waals surface area contributed by atoms with Crippen molar-refractivity contribution in [2.75, 3.05) is 5.33 Å². The summed E-state index contributed by atoms with van der Waals surface area (Å²) in [5, 5.41) is 1.05. The zero-order valence-electron chi connectivity index (χ0n) is 5.68. The van der Waals surface area contributed by atoms with Gasteiger partial charge in [0.1, 0.15) is 0 Å². The number of rotatable bonds is 2. The van der Waals surface area contributed by atoms with Crippen LogP contribution in [0.25, 0.3) is 0 Å². The normalized spacial score (nSPS) is 8.50. The van der Waals surface area contributed by atoms with E-state index in [9.17, 15) is 0 Å². The smallest absolute Gasteiger partial charge is 0.00718 e. The summed E-state index contributed by atoms with van der Waals surface area (Å²) in [5.41, 5.74) is 1.40. The fraction of sp³-hybridized carbons (Fsp3) is 0.250. The fourth-order valence-electron chi connectivity index (χ4n) is 0.754. The van der Waals surface area contributed by atoms with Crippen LogP contribution >= 0.6 is 15.9 Å². The standard InChI is InChI=1S/C8H9Br.H2O/c9-7-6-8-4-2-1-3-5-8;/h1-5H,6-7H2;1H2. The molecule has 10 heavy (non-hydrogen) atoms. The molecular formula is C8H11BrO. The van der Waals surface area contributed by atoms with Gasteiger partial charge in [-0.3, -0.25) is 0 Å². The molecule has 0 spiro atoms. The molecule has 0 aliphatic carbocycles. The van der Waals surface area contributed by atoms with Gasteiger partial charge >= 0.3 is 0 Å². The molecule has 56 valence electrons. The summed E-state index contributed by atoms with van der Waals surface area (Å²) in [6.45, 7) is 0. The highest BCUT2D eigenvalue weighted by Gasteiger charge is 1.85. The highest BCUT2D eigenvalue weighted by Crippen LogP contribution is 2.00. The molecule has 0 aliphatic heterocycles. The Labute approximate surface area is 69.5 Å². The van der Waals surface area contributed by atoms with E-state index in [0.717, 1.165) is 11.8 Å². The SMILES string of the molecule is BrCCc1ccccc1.O. The van der Waals surface area contributed by atoms with Gasteiger partial charge in [-0.05, 0) is 12.0 Å². The minimum absolute atomic E-state index is 0. The van der Waals surface area contributed by atoms with Gasteiger partial charge in [-0.1, -0.05) is 46.3 Å². The Morgan fingerprint density at radius 2 is 1.70 bits per heavy atom. The van der Waals surface area contributed by atoms with Crippen molar-refractivity contribution in [3.05, 3.63) is 35.9 Å². The average Bonchev–Trinajstić information content (AvgIpc) is 1.91. The van der Waals surface area contributed by atoms with Gasteiger partial charge in [0.15, 0.2) is 0 Å². The summed E-state index contributed by atoms with van der Waals surface area (Å²) in [6.07, 6.45) is 1.13. The van der Waals surface area contributed by atoms with Crippen molar-refractivity contribution in [3.8, 4) is 0 Å². The molecule has 0 saturated heterocycles. The predicted molar refractivity (Wildman–Crippen MR) is 47.6 cm³/mol. The lowest BCUT2D eigenvalue weighted by molar-refractivity contribution is 0.824. The zero-order chi connectivity index (χ0) is 6.53. The Morgan fingerprint density at radius 3 is 2.20 bits per heavy atom. The lowest BCUT2D eigenvalue weighted by Crippen LogP contribution is -1.82. The zero-order valence-corrected chi connectivity index (χ0v) is 7.26. The van der Waals surface area contributed by atoms with E-state index >= 15 is 0 Å². The van der Waals surface area contributed by atoms with Crippen molar-refractivity contribution >= 4 is 15.9 Å². The summed E-state index contributed by atoms with van der Waals surface area (Å²) in [5.74, 6) is 0. The van der Waals surface area contributed by atoms with Crippen LogP contribution in [-0.4, -0.2) is 10.8 Å². The first-order chi connectivity index (χ1) is 4.43. The van der Waals surface area contributed by atoms with Crippen LogP contribution in [0.5, 0.6) is 0 Å². The molecule has 0 aromatic heterocycles. The maximum Gasteiger partial charge on any atom is 0.00718 e. The van der Waals surface area contributed by atoms with Crippen LogP contribution in [0.2, 0.25) is 0 Å². The quantitative estimate of drug-likeness (QED) is 0.656. The molecule has 1 rings (SSSR count). The first kappa shape index (κ1) is 9.66. The topological polar surface area (TPSA) is 31.5 Å². The Hall–Kier alpha value is -0.340. The average molecular weight is 203 g/mol. The van der Waals surface area contributed by atoms with Crippen molar-refractivity contribution in [1.29, 1.82) is 0 Å². The minimum Gasteiger partial charge on any atom is -0.412 e. The van der Waals surface area contributed by atoms with Gasteiger partial charge in [-0.2, -0.15) is 0 Å². The van der Waals surface area contributed by atoms with E-state index in [0.29, 0.717) is 0 Å². The van der Waals surface area contributed by atoms with E-state index in [4.69, 9.17) is 0 Å². The van der Waals surface area contributed by atoms with Gasteiger partial charge in [0.05, 0.1) is 0 Å². The maximum absolute atomic E-state index is 3.39. The minimum atomic E-state index is 0. The molecule has 0 radical (unpaired) electrons. The highest BCUT2D eigenvalue weighted by molar-refractivity contribution is 9.09. The summed E-state index contributed by atoms with van der Waals surface area (Å²) < 4.78 is 0. The molecule has 0 heterocycles. The molecular weight excluding hydrogens is 192 g/mol. The molecule has 0 fully saturated rings. The lowest BCUT2D eigenvalue weighted by atomic mass is 10.2. The van der Waals surface area contributed by atoms with E-state index in [1.165, 1.54) is 5.56 Å². The number of benzene rings is 1. The van der Waals surface area contributed by atoms with Crippen LogP contribution in [0.3, 0.4) is 0 Å². The molecule has 0 amide bonds. The predicted octanol–water partition coefficient (Wildman–Crippen LogP) is 1.80. The van der Waals surface area contributed by atoms with Crippen molar-refractivity contribution < 1.29 is 5.48 Å². The fourth-order valence-corrected chi connectivity index (χ4v) is 1.21. The second-order valence-electron chi connectivity index (χ2n) is 1.92. The first-order valence-electron chi connectivity index (χ1n) is 3.03. The number of halogens is 1. The molecule has 0 saturated carbocycles. The molecule has 2 N–H and O–H groups in total. The summed E-state index contributed by atoms with van der Waals surface area (Å²) in [4.78, 5) is 0. The van der Waals surface area contributed by atoms with E-state index in [1.807, 2.05) is 6.07 Å². The maximum atomic E-state index is 3.39. The van der Waals surface area contributed by atoms with Crippen molar-refractivity contribution in [3.63, 3.8) is 0 Å². The molecule has 1 aromatic rings. The van der Waals surface area contributed by atoms with Gasteiger partial charge in [0.25, 0.3) is 0 Å². The van der Waals surface area contributed by atoms with Crippen LogP contribution in [0, 0.1) is 0 Å². The van der Waals surface area contributed by atoms with Crippen LogP contribution < -0.4 is 0 Å².